The van der Waals surface area contributed by atoms with Crippen LogP contribution in [0.25, 0.3) is 0 Å². The number of rotatable bonds is 3. The molecule has 1 fully saturated rings. The predicted molar refractivity (Wildman–Crippen MR) is 69.4 cm³/mol. The summed E-state index contributed by atoms with van der Waals surface area (Å²) >= 11 is 0. The summed E-state index contributed by atoms with van der Waals surface area (Å²) in [4.78, 5) is 2.46. The van der Waals surface area contributed by atoms with Gasteiger partial charge in [0.05, 0.1) is 0 Å². The molecule has 0 amide bonds. The minimum absolute atomic E-state index is 0.690. The second kappa shape index (κ2) is 9.17. The molecular weight excluding hydrogens is 184 g/mol. The maximum atomic E-state index is 3.28. The van der Waals surface area contributed by atoms with E-state index in [9.17, 15) is 0 Å². The molecule has 1 aliphatic rings. The first-order chi connectivity index (χ1) is 7.09. The second-order valence-corrected chi connectivity index (χ2v) is 4.83. The highest BCUT2D eigenvalue weighted by atomic mass is 15.2. The SMILES string of the molecule is C1CCNCC1.CCN(C(C)C)C(C)C. The zero-order valence-corrected chi connectivity index (χ0v) is 11.3. The molecular formula is C13H30N2. The van der Waals surface area contributed by atoms with E-state index >= 15 is 0 Å². The molecule has 0 radical (unpaired) electrons. The molecule has 0 unspecified atom stereocenters. The highest BCUT2D eigenvalue weighted by Gasteiger charge is 2.08. The summed E-state index contributed by atoms with van der Waals surface area (Å²) in [5.74, 6) is 0. The highest BCUT2D eigenvalue weighted by molar-refractivity contribution is 4.64. The number of nitrogens with zero attached hydrogens (tertiary/aromatic N) is 1. The molecule has 0 spiro atoms. The minimum Gasteiger partial charge on any atom is -0.317 e. The van der Waals surface area contributed by atoms with Crippen LogP contribution in [0.5, 0.6) is 0 Å². The molecule has 0 aromatic heterocycles. The van der Waals surface area contributed by atoms with Crippen molar-refractivity contribution in [1.82, 2.24) is 10.2 Å². The maximum Gasteiger partial charge on any atom is 0.00411 e. The van der Waals surface area contributed by atoms with Gasteiger partial charge >= 0.3 is 0 Å². The second-order valence-electron chi connectivity index (χ2n) is 4.83. The van der Waals surface area contributed by atoms with Gasteiger partial charge in [-0.25, -0.2) is 0 Å². The molecule has 1 saturated heterocycles. The molecule has 1 heterocycles. The molecule has 15 heavy (non-hydrogen) atoms. The van der Waals surface area contributed by atoms with Gasteiger partial charge < -0.3 is 5.32 Å². The number of piperidine rings is 1. The Morgan fingerprint density at radius 1 is 0.933 bits per heavy atom. The van der Waals surface area contributed by atoms with Gasteiger partial charge in [0.15, 0.2) is 0 Å². The summed E-state index contributed by atoms with van der Waals surface area (Å²) < 4.78 is 0. The van der Waals surface area contributed by atoms with E-state index in [0.29, 0.717) is 12.1 Å². The van der Waals surface area contributed by atoms with Crippen molar-refractivity contribution in [2.75, 3.05) is 19.6 Å². The number of hydrogen-bond acceptors (Lipinski definition) is 2. The Morgan fingerprint density at radius 2 is 1.40 bits per heavy atom. The topological polar surface area (TPSA) is 15.3 Å². The van der Waals surface area contributed by atoms with Crippen molar-refractivity contribution < 1.29 is 0 Å². The zero-order valence-electron chi connectivity index (χ0n) is 11.3. The first-order valence-corrected chi connectivity index (χ1v) is 6.56. The van der Waals surface area contributed by atoms with Gasteiger partial charge in [-0.15, -0.1) is 0 Å². The van der Waals surface area contributed by atoms with E-state index in [1.165, 1.54) is 32.4 Å². The maximum absolute atomic E-state index is 3.28. The summed E-state index contributed by atoms with van der Waals surface area (Å²) in [5.41, 5.74) is 0. The number of hydrogen-bond donors (Lipinski definition) is 1. The van der Waals surface area contributed by atoms with Gasteiger partial charge in [-0.2, -0.15) is 0 Å². The van der Waals surface area contributed by atoms with Crippen molar-refractivity contribution in [1.29, 1.82) is 0 Å². The Bertz CT molecular complexity index is 109. The van der Waals surface area contributed by atoms with E-state index in [-0.39, 0.29) is 0 Å². The normalized spacial score (nSPS) is 16.8. The molecule has 0 aliphatic carbocycles. The summed E-state index contributed by atoms with van der Waals surface area (Å²) in [7, 11) is 0. The van der Waals surface area contributed by atoms with Gasteiger partial charge in [0.2, 0.25) is 0 Å². The van der Waals surface area contributed by atoms with E-state index in [1.54, 1.807) is 0 Å². The van der Waals surface area contributed by atoms with Gasteiger partial charge in [0.25, 0.3) is 0 Å². The lowest BCUT2D eigenvalue weighted by molar-refractivity contribution is 0.185. The lowest BCUT2D eigenvalue weighted by Gasteiger charge is -2.28. The Balaban J connectivity index is 0.000000280. The third-order valence-corrected chi connectivity index (χ3v) is 2.90. The fraction of sp³-hybridized carbons (Fsp3) is 1.00. The van der Waals surface area contributed by atoms with Crippen molar-refractivity contribution in [2.24, 2.45) is 0 Å². The fourth-order valence-corrected chi connectivity index (χ4v) is 2.13. The number of nitrogens with one attached hydrogen (secondary N) is 1. The Hall–Kier alpha value is -0.0800. The minimum atomic E-state index is 0.690. The third-order valence-electron chi connectivity index (χ3n) is 2.90. The first-order valence-electron chi connectivity index (χ1n) is 6.56. The van der Waals surface area contributed by atoms with Crippen molar-refractivity contribution in [3.8, 4) is 0 Å². The summed E-state index contributed by atoms with van der Waals surface area (Å²) in [6, 6.07) is 1.38. The molecule has 92 valence electrons. The van der Waals surface area contributed by atoms with Crippen molar-refractivity contribution in [3.63, 3.8) is 0 Å². The molecule has 0 atom stereocenters. The van der Waals surface area contributed by atoms with E-state index in [1.807, 2.05) is 0 Å². The van der Waals surface area contributed by atoms with Crippen molar-refractivity contribution >= 4 is 0 Å². The standard InChI is InChI=1S/C8H19N.C5H11N/c1-6-9(7(2)3)8(4)5;1-2-4-6-5-3-1/h7-8H,6H2,1-5H3;6H,1-5H2. The Labute approximate surface area is 96.4 Å². The largest absolute Gasteiger partial charge is 0.317 e. The van der Waals surface area contributed by atoms with Crippen LogP contribution in [0.3, 0.4) is 0 Å². The van der Waals surface area contributed by atoms with Gasteiger partial charge in [0.1, 0.15) is 0 Å². The molecule has 0 saturated carbocycles. The zero-order chi connectivity index (χ0) is 11.7. The van der Waals surface area contributed by atoms with Gasteiger partial charge in [-0.3, -0.25) is 4.90 Å². The fourth-order valence-electron chi connectivity index (χ4n) is 2.13. The summed E-state index contributed by atoms with van der Waals surface area (Å²) in [6.07, 6.45) is 4.22. The molecule has 0 aromatic carbocycles. The van der Waals surface area contributed by atoms with Crippen LogP contribution in [0.4, 0.5) is 0 Å². The third kappa shape index (κ3) is 7.80. The van der Waals surface area contributed by atoms with Crippen molar-refractivity contribution in [3.05, 3.63) is 0 Å². The smallest absolute Gasteiger partial charge is 0.00411 e. The molecule has 2 nitrogen and oxygen atoms in total. The molecule has 1 aliphatic heterocycles. The Kier molecular flexibility index (Phi) is 9.12. The average molecular weight is 214 g/mol. The van der Waals surface area contributed by atoms with E-state index in [0.717, 1.165) is 6.54 Å². The van der Waals surface area contributed by atoms with Crippen LogP contribution < -0.4 is 5.32 Å². The summed E-state index contributed by atoms with van der Waals surface area (Å²) in [5, 5.41) is 3.28. The van der Waals surface area contributed by atoms with Crippen LogP contribution in [-0.2, 0) is 0 Å². The van der Waals surface area contributed by atoms with Crippen LogP contribution in [0, 0.1) is 0 Å². The van der Waals surface area contributed by atoms with Crippen LogP contribution >= 0.6 is 0 Å². The molecule has 0 bridgehead atoms. The van der Waals surface area contributed by atoms with Crippen LogP contribution in [0.15, 0.2) is 0 Å². The van der Waals surface area contributed by atoms with E-state index in [2.05, 4.69) is 44.8 Å². The average Bonchev–Trinajstić information content (AvgIpc) is 2.21. The predicted octanol–water partition coefficient (Wildman–Crippen LogP) is 2.89. The molecule has 2 heteroatoms. The van der Waals surface area contributed by atoms with Gasteiger partial charge in [-0.05, 0) is 60.2 Å². The van der Waals surface area contributed by atoms with E-state index in [4.69, 9.17) is 0 Å². The van der Waals surface area contributed by atoms with Gasteiger partial charge in [0, 0.05) is 12.1 Å². The molecule has 1 rings (SSSR count). The van der Waals surface area contributed by atoms with Crippen LogP contribution in [0.1, 0.15) is 53.9 Å². The lowest BCUT2D eigenvalue weighted by Crippen LogP contribution is -2.36. The first kappa shape index (κ1) is 14.9. The van der Waals surface area contributed by atoms with E-state index < -0.39 is 0 Å². The van der Waals surface area contributed by atoms with Gasteiger partial charge in [-0.1, -0.05) is 13.3 Å². The highest BCUT2D eigenvalue weighted by Crippen LogP contribution is 2.02. The molecule has 0 aromatic rings. The van der Waals surface area contributed by atoms with Crippen molar-refractivity contribution in [2.45, 2.75) is 66.0 Å². The monoisotopic (exact) mass is 214 g/mol. The van der Waals surface area contributed by atoms with Crippen LogP contribution in [0.2, 0.25) is 0 Å². The lowest BCUT2D eigenvalue weighted by atomic mass is 10.2. The molecule has 1 N–H and O–H groups in total. The quantitative estimate of drug-likeness (QED) is 0.777. The summed E-state index contributed by atoms with van der Waals surface area (Å²) in [6.45, 7) is 14.8. The van der Waals surface area contributed by atoms with Crippen LogP contribution in [-0.4, -0.2) is 36.6 Å². The Morgan fingerprint density at radius 3 is 1.47 bits per heavy atom.